The molecule has 22 heavy (non-hydrogen) atoms. The van der Waals surface area contributed by atoms with E-state index in [2.05, 4.69) is 31.2 Å². The molecule has 0 spiro atoms. The Kier molecular flexibility index (Phi) is 5.88. The Morgan fingerprint density at radius 2 is 1.73 bits per heavy atom. The molecule has 0 N–H and O–H groups in total. The van der Waals surface area contributed by atoms with Gasteiger partial charge < -0.3 is 4.90 Å². The minimum absolute atomic E-state index is 0.0882. The monoisotopic (exact) mass is 342 g/mol. The van der Waals surface area contributed by atoms with E-state index in [0.29, 0.717) is 31.9 Å². The van der Waals surface area contributed by atoms with Crippen molar-refractivity contribution >= 4 is 27.7 Å². The average Bonchev–Trinajstić information content (AvgIpc) is 2.48. The molecule has 0 unspecified atom stereocenters. The van der Waals surface area contributed by atoms with Gasteiger partial charge in [-0.2, -0.15) is 4.31 Å². The molecular weight excluding hydrogens is 320 g/mol. The number of rotatable bonds is 5. The topological polar surface area (TPSA) is 57.7 Å². The summed E-state index contributed by atoms with van der Waals surface area (Å²) in [7, 11) is -3.14. The van der Waals surface area contributed by atoms with Gasteiger partial charge in [-0.25, -0.2) is 8.42 Å². The number of benzene rings is 1. The molecule has 5 nitrogen and oxygen atoms in total. The zero-order valence-corrected chi connectivity index (χ0v) is 14.6. The first-order valence-corrected chi connectivity index (χ1v) is 10.2. The maximum Gasteiger partial charge on any atom is 0.232 e. The van der Waals surface area contributed by atoms with E-state index in [4.69, 9.17) is 0 Å². The van der Waals surface area contributed by atoms with Crippen molar-refractivity contribution in [2.24, 2.45) is 0 Å². The Bertz CT molecular complexity index is 606. The van der Waals surface area contributed by atoms with Gasteiger partial charge in [0.2, 0.25) is 15.9 Å². The van der Waals surface area contributed by atoms with Crippen LogP contribution in [0.2, 0.25) is 0 Å². The molecule has 0 aromatic heterocycles. The minimum atomic E-state index is -3.14. The molecule has 2 rings (SSSR count). The first-order valence-electron chi connectivity index (χ1n) is 7.22. The van der Waals surface area contributed by atoms with Crippen LogP contribution in [0.5, 0.6) is 0 Å². The Balaban J connectivity index is 1.73. The third kappa shape index (κ3) is 5.00. The highest BCUT2D eigenvalue weighted by Crippen LogP contribution is 2.14. The molecule has 122 valence electrons. The lowest BCUT2D eigenvalue weighted by atomic mass is 10.2. The van der Waals surface area contributed by atoms with Gasteiger partial charge in [0.15, 0.2) is 0 Å². The van der Waals surface area contributed by atoms with Crippen molar-refractivity contribution in [3.63, 3.8) is 0 Å². The van der Waals surface area contributed by atoms with Crippen LogP contribution in [0.15, 0.2) is 24.3 Å². The smallest absolute Gasteiger partial charge is 0.232 e. The molecule has 0 radical (unpaired) electrons. The van der Waals surface area contributed by atoms with Crippen molar-refractivity contribution in [2.45, 2.75) is 12.7 Å². The maximum atomic E-state index is 12.1. The molecule has 0 saturated carbocycles. The number of aryl methyl sites for hydroxylation is 1. The molecule has 7 heteroatoms. The van der Waals surface area contributed by atoms with Crippen LogP contribution < -0.4 is 0 Å². The quantitative estimate of drug-likeness (QED) is 0.810. The molecule has 1 aromatic rings. The van der Waals surface area contributed by atoms with E-state index in [1.807, 2.05) is 0 Å². The predicted octanol–water partition coefficient (Wildman–Crippen LogP) is 1.33. The molecule has 1 amide bonds. The lowest BCUT2D eigenvalue weighted by molar-refractivity contribution is -0.129. The van der Waals surface area contributed by atoms with Crippen molar-refractivity contribution in [3.8, 4) is 0 Å². The van der Waals surface area contributed by atoms with Crippen LogP contribution in [-0.4, -0.2) is 61.7 Å². The van der Waals surface area contributed by atoms with Gasteiger partial charge in [-0.3, -0.25) is 4.79 Å². The highest BCUT2D eigenvalue weighted by molar-refractivity contribution is 7.99. The number of piperazine rings is 1. The summed E-state index contributed by atoms with van der Waals surface area (Å²) in [5.74, 6) is 1.34. The summed E-state index contributed by atoms with van der Waals surface area (Å²) in [6.07, 6.45) is 1.21. The minimum Gasteiger partial charge on any atom is -0.339 e. The van der Waals surface area contributed by atoms with Crippen LogP contribution in [0.1, 0.15) is 11.1 Å². The zero-order chi connectivity index (χ0) is 16.2. The summed E-state index contributed by atoms with van der Waals surface area (Å²) in [6.45, 7) is 3.81. The van der Waals surface area contributed by atoms with Gasteiger partial charge in [0.1, 0.15) is 0 Å². The summed E-state index contributed by atoms with van der Waals surface area (Å²) in [5, 5.41) is 0. The number of hydrogen-bond acceptors (Lipinski definition) is 4. The van der Waals surface area contributed by atoms with E-state index in [9.17, 15) is 13.2 Å². The number of thioether (sulfide) groups is 1. The second-order valence-corrected chi connectivity index (χ2v) is 8.49. The van der Waals surface area contributed by atoms with Crippen molar-refractivity contribution in [2.75, 3.05) is 38.2 Å². The third-order valence-corrected chi connectivity index (χ3v) is 5.97. The second kappa shape index (κ2) is 7.48. The SMILES string of the molecule is Cc1ccc(CSCC(=O)N2CCN(S(C)(=O)=O)CC2)cc1. The predicted molar refractivity (Wildman–Crippen MR) is 90.3 cm³/mol. The van der Waals surface area contributed by atoms with Crippen molar-refractivity contribution in [1.82, 2.24) is 9.21 Å². The first kappa shape index (κ1) is 17.3. The number of amides is 1. The molecular formula is C15H22N2O3S2. The van der Waals surface area contributed by atoms with Crippen LogP contribution in [0.4, 0.5) is 0 Å². The maximum absolute atomic E-state index is 12.1. The second-order valence-electron chi connectivity index (χ2n) is 5.52. The summed E-state index contributed by atoms with van der Waals surface area (Å²) < 4.78 is 24.3. The van der Waals surface area contributed by atoms with E-state index in [-0.39, 0.29) is 5.91 Å². The highest BCUT2D eigenvalue weighted by Gasteiger charge is 2.25. The van der Waals surface area contributed by atoms with E-state index in [0.717, 1.165) is 5.75 Å². The van der Waals surface area contributed by atoms with Crippen LogP contribution in [0.3, 0.4) is 0 Å². The molecule has 1 fully saturated rings. The van der Waals surface area contributed by atoms with Gasteiger partial charge in [0.25, 0.3) is 0 Å². The summed E-state index contributed by atoms with van der Waals surface area (Å²) in [5.41, 5.74) is 2.44. The van der Waals surface area contributed by atoms with Crippen LogP contribution >= 0.6 is 11.8 Å². The van der Waals surface area contributed by atoms with Crippen molar-refractivity contribution in [3.05, 3.63) is 35.4 Å². The van der Waals surface area contributed by atoms with E-state index in [1.165, 1.54) is 21.7 Å². The standard InChI is InChI=1S/C15H22N2O3S2/c1-13-3-5-14(6-4-13)11-21-12-15(18)16-7-9-17(10-8-16)22(2,19)20/h3-6H,7-12H2,1-2H3. The van der Waals surface area contributed by atoms with Gasteiger partial charge in [0, 0.05) is 31.9 Å². The van der Waals surface area contributed by atoms with Crippen molar-refractivity contribution in [1.29, 1.82) is 0 Å². The Hall–Kier alpha value is -1.05. The Labute approximate surface area is 136 Å². The van der Waals surface area contributed by atoms with Gasteiger partial charge in [-0.15, -0.1) is 11.8 Å². The number of carbonyl (C=O) groups is 1. The van der Waals surface area contributed by atoms with Crippen LogP contribution in [0, 0.1) is 6.92 Å². The fraction of sp³-hybridized carbons (Fsp3) is 0.533. The normalized spacial score (nSPS) is 16.7. The molecule has 1 aliphatic rings. The van der Waals surface area contributed by atoms with Gasteiger partial charge in [0.05, 0.1) is 12.0 Å². The van der Waals surface area contributed by atoms with Gasteiger partial charge in [-0.1, -0.05) is 29.8 Å². The Morgan fingerprint density at radius 1 is 1.14 bits per heavy atom. The van der Waals surface area contributed by atoms with Crippen LogP contribution in [-0.2, 0) is 20.6 Å². The third-order valence-electron chi connectivity index (χ3n) is 3.68. The summed E-state index contributed by atoms with van der Waals surface area (Å²) in [4.78, 5) is 13.9. The highest BCUT2D eigenvalue weighted by atomic mass is 32.2. The number of hydrogen-bond donors (Lipinski definition) is 0. The number of nitrogens with zero attached hydrogens (tertiary/aromatic N) is 2. The summed E-state index contributed by atoms with van der Waals surface area (Å²) in [6, 6.07) is 8.31. The molecule has 1 aromatic carbocycles. The molecule has 0 bridgehead atoms. The zero-order valence-electron chi connectivity index (χ0n) is 13.0. The van der Waals surface area contributed by atoms with E-state index < -0.39 is 10.0 Å². The Morgan fingerprint density at radius 3 is 2.27 bits per heavy atom. The fourth-order valence-electron chi connectivity index (χ4n) is 2.30. The average molecular weight is 342 g/mol. The van der Waals surface area contributed by atoms with E-state index in [1.54, 1.807) is 16.7 Å². The lowest BCUT2D eigenvalue weighted by Gasteiger charge is -2.33. The molecule has 0 aliphatic carbocycles. The van der Waals surface area contributed by atoms with E-state index >= 15 is 0 Å². The van der Waals surface area contributed by atoms with Gasteiger partial charge in [-0.05, 0) is 12.5 Å². The molecule has 0 atom stereocenters. The summed E-state index contributed by atoms with van der Waals surface area (Å²) >= 11 is 1.60. The van der Waals surface area contributed by atoms with Gasteiger partial charge >= 0.3 is 0 Å². The van der Waals surface area contributed by atoms with Crippen LogP contribution in [0.25, 0.3) is 0 Å². The van der Waals surface area contributed by atoms with Crippen molar-refractivity contribution < 1.29 is 13.2 Å². The fourth-order valence-corrected chi connectivity index (χ4v) is 4.01. The number of sulfonamides is 1. The number of carbonyl (C=O) groups excluding carboxylic acids is 1. The first-order chi connectivity index (χ1) is 10.4. The largest absolute Gasteiger partial charge is 0.339 e. The lowest BCUT2D eigenvalue weighted by Crippen LogP contribution is -2.50. The molecule has 1 aliphatic heterocycles. The molecule has 1 heterocycles. The molecule has 1 saturated heterocycles.